The maximum atomic E-state index is 10.0. The summed E-state index contributed by atoms with van der Waals surface area (Å²) in [7, 11) is 1.80. The van der Waals surface area contributed by atoms with Crippen molar-refractivity contribution in [3.05, 3.63) is 35.9 Å². The van der Waals surface area contributed by atoms with Gasteiger partial charge < -0.3 is 4.74 Å². The van der Waals surface area contributed by atoms with Gasteiger partial charge in [0, 0.05) is 5.56 Å². The van der Waals surface area contributed by atoms with Crippen LogP contribution in [0.25, 0.3) is 6.08 Å². The van der Waals surface area contributed by atoms with Crippen LogP contribution in [-0.4, -0.2) is 20.1 Å². The van der Waals surface area contributed by atoms with Crippen LogP contribution < -0.4 is 10.1 Å². The van der Waals surface area contributed by atoms with Crippen LogP contribution in [0.4, 0.5) is 0 Å². The topological polar surface area (TPSA) is 38.3 Å². The van der Waals surface area contributed by atoms with Crippen LogP contribution in [0.3, 0.4) is 0 Å². The molecule has 0 saturated heterocycles. The molecule has 0 aliphatic heterocycles. The highest BCUT2D eigenvalue weighted by atomic mass is 16.5. The van der Waals surface area contributed by atoms with E-state index in [2.05, 4.69) is 5.32 Å². The Morgan fingerprint density at radius 3 is 3.00 bits per heavy atom. The van der Waals surface area contributed by atoms with Crippen LogP contribution >= 0.6 is 0 Å². The summed E-state index contributed by atoms with van der Waals surface area (Å²) in [5, 5.41) is 2.88. The lowest BCUT2D eigenvalue weighted by atomic mass is 10.2. The number of ether oxygens (including phenoxy) is 1. The van der Waals surface area contributed by atoms with Crippen molar-refractivity contribution < 1.29 is 9.53 Å². The second kappa shape index (κ2) is 5.94. The van der Waals surface area contributed by atoms with Gasteiger partial charge in [-0.05, 0) is 25.3 Å². The van der Waals surface area contributed by atoms with E-state index >= 15 is 0 Å². The second-order valence-corrected chi connectivity index (χ2v) is 2.63. The Labute approximate surface area is 83.4 Å². The zero-order valence-corrected chi connectivity index (χ0v) is 7.99. The van der Waals surface area contributed by atoms with Crippen molar-refractivity contribution in [1.29, 1.82) is 0 Å². The molecular weight excluding hydrogens is 178 g/mol. The Morgan fingerprint density at radius 1 is 1.50 bits per heavy atom. The Balaban J connectivity index is 2.79. The maximum absolute atomic E-state index is 10.0. The largest absolute Gasteiger partial charge is 0.478 e. The molecule has 0 aromatic heterocycles. The molecule has 0 spiro atoms. The Kier molecular flexibility index (Phi) is 4.44. The number of rotatable bonds is 5. The lowest BCUT2D eigenvalue weighted by Crippen LogP contribution is -2.14. The van der Waals surface area contributed by atoms with E-state index < -0.39 is 0 Å². The van der Waals surface area contributed by atoms with E-state index in [9.17, 15) is 4.79 Å². The first kappa shape index (κ1) is 10.5. The summed E-state index contributed by atoms with van der Waals surface area (Å²) >= 11 is 0. The van der Waals surface area contributed by atoms with E-state index in [1.54, 1.807) is 19.4 Å². The Bertz CT molecular complexity index is 321. The van der Waals surface area contributed by atoms with Gasteiger partial charge in [-0.15, -0.1) is 0 Å². The van der Waals surface area contributed by atoms with Gasteiger partial charge in [0.1, 0.15) is 12.5 Å². The van der Waals surface area contributed by atoms with Gasteiger partial charge in [-0.3, -0.25) is 10.1 Å². The predicted octanol–water partition coefficient (Wildman–Crippen LogP) is 1.37. The molecule has 73 valence electrons. The van der Waals surface area contributed by atoms with Crippen LogP contribution in [0.2, 0.25) is 0 Å². The van der Waals surface area contributed by atoms with E-state index in [0.717, 1.165) is 11.3 Å². The van der Waals surface area contributed by atoms with Crippen LogP contribution in [-0.2, 0) is 4.79 Å². The molecule has 0 heterocycles. The summed E-state index contributed by atoms with van der Waals surface area (Å²) in [6.07, 6.45) is 4.68. The summed E-state index contributed by atoms with van der Waals surface area (Å²) in [5.41, 5.74) is 0.867. The lowest BCUT2D eigenvalue weighted by molar-refractivity contribution is 0.295. The zero-order valence-electron chi connectivity index (χ0n) is 7.99. The first-order chi connectivity index (χ1) is 6.88. The van der Waals surface area contributed by atoms with Gasteiger partial charge >= 0.3 is 0 Å². The van der Waals surface area contributed by atoms with E-state index in [4.69, 9.17) is 4.74 Å². The molecule has 0 saturated carbocycles. The van der Waals surface area contributed by atoms with Crippen molar-refractivity contribution in [3.8, 4) is 5.75 Å². The molecule has 0 aliphatic carbocycles. The Hall–Kier alpha value is -1.61. The normalized spacial score (nSPS) is 10.4. The van der Waals surface area contributed by atoms with Gasteiger partial charge in [0.25, 0.3) is 0 Å². The molecule has 3 heteroatoms. The minimum absolute atomic E-state index is 0.440. The molecule has 0 atom stereocenters. The third kappa shape index (κ3) is 3.03. The molecule has 0 bridgehead atoms. The van der Waals surface area contributed by atoms with Crippen molar-refractivity contribution >= 4 is 12.4 Å². The molecule has 14 heavy (non-hydrogen) atoms. The molecule has 3 nitrogen and oxygen atoms in total. The molecule has 1 radical (unpaired) electrons. The highest BCUT2D eigenvalue weighted by Crippen LogP contribution is 2.18. The van der Waals surface area contributed by atoms with Crippen molar-refractivity contribution in [2.24, 2.45) is 0 Å². The first-order valence-corrected chi connectivity index (χ1v) is 4.29. The third-order valence-electron chi connectivity index (χ3n) is 1.62. The highest BCUT2D eigenvalue weighted by molar-refractivity contribution is 5.75. The number of para-hydroxylation sites is 1. The summed E-state index contributed by atoms with van der Waals surface area (Å²) < 4.78 is 5.39. The minimum Gasteiger partial charge on any atom is -0.478 e. The average Bonchev–Trinajstić information content (AvgIpc) is 2.24. The minimum atomic E-state index is 0.440. The second-order valence-electron chi connectivity index (χ2n) is 2.63. The third-order valence-corrected chi connectivity index (χ3v) is 1.62. The molecule has 0 unspecified atom stereocenters. The average molecular weight is 190 g/mol. The van der Waals surface area contributed by atoms with Gasteiger partial charge in [-0.1, -0.05) is 18.2 Å². The van der Waals surface area contributed by atoms with Gasteiger partial charge in [-0.25, -0.2) is 0 Å². The molecule has 0 fully saturated rings. The number of carbonyl (C=O) groups excluding carboxylic acids is 1. The molecule has 0 aliphatic rings. The summed E-state index contributed by atoms with van der Waals surface area (Å²) in [6.45, 7) is 0.440. The fourth-order valence-corrected chi connectivity index (χ4v) is 1.02. The van der Waals surface area contributed by atoms with Crippen LogP contribution in [0, 0.1) is 0 Å². The highest BCUT2D eigenvalue weighted by Gasteiger charge is 1.97. The molecule has 1 rings (SSSR count). The van der Waals surface area contributed by atoms with Crippen molar-refractivity contribution in [3.63, 3.8) is 0 Å². The standard InChI is InChI=1S/C11H12NO2/c1-12-9-14-11-7-3-2-5-10(11)6-4-8-13/h2-7,12H,9H2,1H3/b6-4+. The van der Waals surface area contributed by atoms with Crippen LogP contribution in [0.15, 0.2) is 30.3 Å². The van der Waals surface area contributed by atoms with Gasteiger partial charge in [-0.2, -0.15) is 0 Å². The van der Waals surface area contributed by atoms with E-state index in [-0.39, 0.29) is 0 Å². The van der Waals surface area contributed by atoms with Gasteiger partial charge in [0.15, 0.2) is 0 Å². The molecule has 1 aromatic carbocycles. The number of benzene rings is 1. The Morgan fingerprint density at radius 2 is 2.29 bits per heavy atom. The smallest absolute Gasteiger partial charge is 0.225 e. The fraction of sp³-hybridized carbons (Fsp3) is 0.182. The SMILES string of the molecule is CNCOc1ccccc1/C=C/[C]=O. The number of nitrogens with one attached hydrogen (secondary N) is 1. The number of allylic oxidation sites excluding steroid dienone is 1. The van der Waals surface area contributed by atoms with E-state index in [1.165, 1.54) is 6.08 Å². The van der Waals surface area contributed by atoms with Crippen molar-refractivity contribution in [1.82, 2.24) is 5.32 Å². The number of hydrogen-bond acceptors (Lipinski definition) is 3. The van der Waals surface area contributed by atoms with Crippen LogP contribution in [0.5, 0.6) is 5.75 Å². The summed E-state index contributed by atoms with van der Waals surface area (Å²) in [6, 6.07) is 7.49. The summed E-state index contributed by atoms with van der Waals surface area (Å²) in [5.74, 6) is 0.744. The van der Waals surface area contributed by atoms with E-state index in [1.807, 2.05) is 24.3 Å². The molecule has 0 amide bonds. The zero-order chi connectivity index (χ0) is 10.2. The molecular formula is C11H12NO2. The fourth-order valence-electron chi connectivity index (χ4n) is 1.02. The predicted molar refractivity (Wildman–Crippen MR) is 55.7 cm³/mol. The summed E-state index contributed by atoms with van der Waals surface area (Å²) in [4.78, 5) is 10.0. The van der Waals surface area contributed by atoms with E-state index in [0.29, 0.717) is 6.73 Å². The van der Waals surface area contributed by atoms with Crippen LogP contribution in [0.1, 0.15) is 5.56 Å². The quantitative estimate of drug-likeness (QED) is 0.563. The van der Waals surface area contributed by atoms with Gasteiger partial charge in [0.05, 0.1) is 0 Å². The first-order valence-electron chi connectivity index (χ1n) is 4.29. The lowest BCUT2D eigenvalue weighted by Gasteiger charge is -2.07. The monoisotopic (exact) mass is 190 g/mol. The van der Waals surface area contributed by atoms with Crippen molar-refractivity contribution in [2.75, 3.05) is 13.8 Å². The number of hydrogen-bond donors (Lipinski definition) is 1. The van der Waals surface area contributed by atoms with Gasteiger partial charge in [0.2, 0.25) is 6.29 Å². The molecule has 1 N–H and O–H groups in total. The maximum Gasteiger partial charge on any atom is 0.225 e. The molecule has 1 aromatic rings. The van der Waals surface area contributed by atoms with Crippen molar-refractivity contribution in [2.45, 2.75) is 0 Å².